The summed E-state index contributed by atoms with van der Waals surface area (Å²) in [6.45, 7) is 0.0178. The minimum absolute atomic E-state index is 0.0146. The Morgan fingerprint density at radius 2 is 1.74 bits per heavy atom. The van der Waals surface area contributed by atoms with Gasteiger partial charge >= 0.3 is 0 Å². The van der Waals surface area contributed by atoms with Crippen LogP contribution in [0.4, 0.5) is 17.1 Å². The number of nitrogens with one attached hydrogen (secondary N) is 1. The van der Waals surface area contributed by atoms with Gasteiger partial charge in [0.05, 0.1) is 23.6 Å². The van der Waals surface area contributed by atoms with E-state index in [2.05, 4.69) is 5.32 Å². The number of carbonyl (C=O) groups excluding carboxylic acids is 1. The average Bonchev–Trinajstić information content (AvgIpc) is 2.61. The lowest BCUT2D eigenvalue weighted by atomic mass is 10.2. The molecule has 0 aliphatic carbocycles. The molecule has 0 bridgehead atoms. The Bertz CT molecular complexity index is 948. The molecule has 0 atom stereocenters. The van der Waals surface area contributed by atoms with Crippen molar-refractivity contribution in [3.63, 3.8) is 0 Å². The summed E-state index contributed by atoms with van der Waals surface area (Å²) < 4.78 is 25.5. The standard InChI is InChI=1S/C19H22N4O3S/c1-22(2)17-7-9-18(10-8-17)23(27(3,25)26)12-11-19(24)21-16-6-4-5-15(13-16)14-20/h4-10,13H,11-12H2,1-3H3,(H,21,24). The minimum Gasteiger partial charge on any atom is -0.378 e. The lowest BCUT2D eigenvalue weighted by Crippen LogP contribution is -2.33. The van der Waals surface area contributed by atoms with Crippen LogP contribution in [-0.2, 0) is 14.8 Å². The van der Waals surface area contributed by atoms with Gasteiger partial charge in [-0.3, -0.25) is 9.10 Å². The first kappa shape index (κ1) is 20.3. The molecule has 1 amide bonds. The summed E-state index contributed by atoms with van der Waals surface area (Å²) in [6.07, 6.45) is 1.10. The van der Waals surface area contributed by atoms with E-state index in [1.165, 1.54) is 4.31 Å². The normalized spacial score (nSPS) is 10.7. The molecular weight excluding hydrogens is 364 g/mol. The van der Waals surface area contributed by atoms with Crippen LogP contribution >= 0.6 is 0 Å². The number of rotatable bonds is 7. The van der Waals surface area contributed by atoms with Crippen LogP contribution in [0.3, 0.4) is 0 Å². The van der Waals surface area contributed by atoms with E-state index in [0.29, 0.717) is 16.9 Å². The van der Waals surface area contributed by atoms with Crippen LogP contribution in [0.15, 0.2) is 48.5 Å². The number of sulfonamides is 1. The molecule has 0 heterocycles. The summed E-state index contributed by atoms with van der Waals surface area (Å²) in [7, 11) is 0.262. The van der Waals surface area contributed by atoms with Crippen LogP contribution in [0.1, 0.15) is 12.0 Å². The number of anilines is 3. The van der Waals surface area contributed by atoms with Crippen LogP contribution in [0.25, 0.3) is 0 Å². The zero-order valence-electron chi connectivity index (χ0n) is 15.5. The number of hydrogen-bond acceptors (Lipinski definition) is 5. The van der Waals surface area contributed by atoms with E-state index in [4.69, 9.17) is 5.26 Å². The molecule has 27 heavy (non-hydrogen) atoms. The van der Waals surface area contributed by atoms with E-state index in [9.17, 15) is 13.2 Å². The first-order valence-corrected chi connectivity index (χ1v) is 10.1. The molecule has 2 aromatic carbocycles. The first-order valence-electron chi connectivity index (χ1n) is 8.26. The molecule has 0 unspecified atom stereocenters. The van der Waals surface area contributed by atoms with E-state index in [0.717, 1.165) is 11.9 Å². The smallest absolute Gasteiger partial charge is 0.232 e. The highest BCUT2D eigenvalue weighted by Gasteiger charge is 2.19. The lowest BCUT2D eigenvalue weighted by molar-refractivity contribution is -0.116. The molecule has 0 aromatic heterocycles. The molecule has 0 aliphatic heterocycles. The van der Waals surface area contributed by atoms with E-state index in [1.807, 2.05) is 37.2 Å². The fourth-order valence-corrected chi connectivity index (χ4v) is 3.42. The Labute approximate surface area is 159 Å². The highest BCUT2D eigenvalue weighted by atomic mass is 32.2. The van der Waals surface area contributed by atoms with Crippen LogP contribution < -0.4 is 14.5 Å². The Morgan fingerprint density at radius 3 is 2.30 bits per heavy atom. The molecule has 0 saturated carbocycles. The Balaban J connectivity index is 2.08. The number of nitrogens with zero attached hydrogens (tertiary/aromatic N) is 3. The fourth-order valence-electron chi connectivity index (χ4n) is 2.50. The Kier molecular flexibility index (Phi) is 6.42. The summed E-state index contributed by atoms with van der Waals surface area (Å²) in [5, 5.41) is 11.6. The number of carbonyl (C=O) groups is 1. The SMILES string of the molecule is CN(C)c1ccc(N(CCC(=O)Nc2cccc(C#N)c2)S(C)(=O)=O)cc1. The minimum atomic E-state index is -3.53. The van der Waals surface area contributed by atoms with Gasteiger partial charge in [-0.25, -0.2) is 8.42 Å². The summed E-state index contributed by atoms with van der Waals surface area (Å²) >= 11 is 0. The van der Waals surface area contributed by atoms with Gasteiger partial charge in [-0.2, -0.15) is 5.26 Å². The maximum absolute atomic E-state index is 12.2. The van der Waals surface area contributed by atoms with Crippen LogP contribution in [-0.4, -0.2) is 41.2 Å². The second-order valence-corrected chi connectivity index (χ2v) is 8.14. The third-order valence-corrected chi connectivity index (χ3v) is 5.07. The molecule has 0 fully saturated rings. The van der Waals surface area contributed by atoms with Crippen molar-refractivity contribution in [3.05, 3.63) is 54.1 Å². The third kappa shape index (κ3) is 5.72. The fraction of sp³-hybridized carbons (Fsp3) is 0.263. The number of hydrogen-bond donors (Lipinski definition) is 1. The maximum atomic E-state index is 12.2. The van der Waals surface area contributed by atoms with Gasteiger partial charge in [0.15, 0.2) is 0 Å². The van der Waals surface area contributed by atoms with Crippen molar-refractivity contribution in [2.75, 3.05) is 41.4 Å². The van der Waals surface area contributed by atoms with Crippen molar-refractivity contribution in [3.8, 4) is 6.07 Å². The summed E-state index contributed by atoms with van der Waals surface area (Å²) in [5.74, 6) is -0.330. The zero-order chi connectivity index (χ0) is 20.0. The van der Waals surface area contributed by atoms with Gasteiger partial charge < -0.3 is 10.2 Å². The van der Waals surface area contributed by atoms with Gasteiger partial charge in [-0.05, 0) is 42.5 Å². The van der Waals surface area contributed by atoms with Gasteiger partial charge in [0, 0.05) is 38.4 Å². The molecule has 1 N–H and O–H groups in total. The molecule has 2 aromatic rings. The largest absolute Gasteiger partial charge is 0.378 e. The van der Waals surface area contributed by atoms with E-state index in [-0.39, 0.29) is 18.9 Å². The van der Waals surface area contributed by atoms with Gasteiger partial charge in [0.25, 0.3) is 0 Å². The van der Waals surface area contributed by atoms with Crippen molar-refractivity contribution in [2.24, 2.45) is 0 Å². The molecule has 0 saturated heterocycles. The van der Waals surface area contributed by atoms with Gasteiger partial charge in [0.1, 0.15) is 0 Å². The van der Waals surface area contributed by atoms with Crippen molar-refractivity contribution in [1.82, 2.24) is 0 Å². The number of amides is 1. The number of nitriles is 1. The van der Waals surface area contributed by atoms with Crippen molar-refractivity contribution in [2.45, 2.75) is 6.42 Å². The highest BCUT2D eigenvalue weighted by Crippen LogP contribution is 2.22. The summed E-state index contributed by atoms with van der Waals surface area (Å²) in [6, 6.07) is 15.6. The monoisotopic (exact) mass is 386 g/mol. The van der Waals surface area contributed by atoms with Crippen LogP contribution in [0.2, 0.25) is 0 Å². The first-order chi connectivity index (χ1) is 12.7. The third-order valence-electron chi connectivity index (χ3n) is 3.87. The average molecular weight is 386 g/mol. The van der Waals surface area contributed by atoms with E-state index < -0.39 is 10.0 Å². The summed E-state index contributed by atoms with van der Waals surface area (Å²) in [4.78, 5) is 14.1. The van der Waals surface area contributed by atoms with Gasteiger partial charge in [0.2, 0.25) is 15.9 Å². The molecular formula is C19H22N4O3S. The van der Waals surface area contributed by atoms with Crippen molar-refractivity contribution in [1.29, 1.82) is 5.26 Å². The predicted octanol–water partition coefficient (Wildman–Crippen LogP) is 2.42. The molecule has 0 aliphatic rings. The van der Waals surface area contributed by atoms with Gasteiger partial charge in [-0.15, -0.1) is 0 Å². The molecule has 2 rings (SSSR count). The number of benzene rings is 2. The van der Waals surface area contributed by atoms with Crippen molar-refractivity contribution < 1.29 is 13.2 Å². The topological polar surface area (TPSA) is 93.5 Å². The second-order valence-electron chi connectivity index (χ2n) is 6.24. The van der Waals surface area contributed by atoms with Gasteiger partial charge in [-0.1, -0.05) is 6.07 Å². The Morgan fingerprint density at radius 1 is 1.11 bits per heavy atom. The summed E-state index contributed by atoms with van der Waals surface area (Å²) in [5.41, 5.74) is 2.39. The molecule has 0 radical (unpaired) electrons. The van der Waals surface area contributed by atoms with E-state index in [1.54, 1.807) is 36.4 Å². The Hall–Kier alpha value is -3.05. The highest BCUT2D eigenvalue weighted by molar-refractivity contribution is 7.92. The molecule has 7 nitrogen and oxygen atoms in total. The van der Waals surface area contributed by atoms with Crippen LogP contribution in [0.5, 0.6) is 0 Å². The molecule has 0 spiro atoms. The van der Waals surface area contributed by atoms with E-state index >= 15 is 0 Å². The van der Waals surface area contributed by atoms with Crippen LogP contribution in [0, 0.1) is 11.3 Å². The maximum Gasteiger partial charge on any atom is 0.232 e. The second kappa shape index (κ2) is 8.56. The molecule has 142 valence electrons. The lowest BCUT2D eigenvalue weighted by Gasteiger charge is -2.23. The predicted molar refractivity (Wildman–Crippen MR) is 107 cm³/mol. The zero-order valence-corrected chi connectivity index (χ0v) is 16.3. The quantitative estimate of drug-likeness (QED) is 0.789. The molecule has 8 heteroatoms. The van der Waals surface area contributed by atoms with Crippen molar-refractivity contribution >= 4 is 33.0 Å².